The normalized spacial score (nSPS) is 25.9. The first-order chi connectivity index (χ1) is 8.53. The van der Waals surface area contributed by atoms with Gasteiger partial charge in [-0.05, 0) is 5.56 Å². The van der Waals surface area contributed by atoms with Gasteiger partial charge in [0.05, 0.1) is 5.25 Å². The van der Waals surface area contributed by atoms with Gasteiger partial charge in [-0.25, -0.2) is 8.42 Å². The van der Waals surface area contributed by atoms with Crippen LogP contribution in [0.3, 0.4) is 0 Å². The molecule has 18 heavy (non-hydrogen) atoms. The Bertz CT molecular complexity index is 509. The topological polar surface area (TPSA) is 86.2 Å². The van der Waals surface area contributed by atoms with Crippen LogP contribution in [-0.2, 0) is 9.84 Å². The summed E-state index contributed by atoms with van der Waals surface area (Å²) in [6.45, 7) is 2.30. The summed E-state index contributed by atoms with van der Waals surface area (Å²) in [5.74, 6) is 0.0848. The Hall–Kier alpha value is -0.910. The second-order valence-corrected chi connectivity index (χ2v) is 7.31. The van der Waals surface area contributed by atoms with E-state index in [9.17, 15) is 8.42 Å². The van der Waals surface area contributed by atoms with Gasteiger partial charge in [0.15, 0.2) is 9.84 Å². The lowest BCUT2D eigenvalue weighted by atomic mass is 9.99. The summed E-state index contributed by atoms with van der Waals surface area (Å²) in [6, 6.07) is 9.66. The van der Waals surface area contributed by atoms with Gasteiger partial charge in [0.2, 0.25) is 0 Å². The maximum absolute atomic E-state index is 12.2. The standard InChI is InChI=1S/C13H20N2O2S/c1-2-18(16,17)12-11(13(12,8-14)9-15)10-6-4-3-5-7-10/h3-7,11-12H,2,8-9,14-15H2,1H3. The highest BCUT2D eigenvalue weighted by atomic mass is 32.2. The smallest absolute Gasteiger partial charge is 0.154 e. The van der Waals surface area contributed by atoms with E-state index in [1.807, 2.05) is 30.3 Å². The lowest BCUT2D eigenvalue weighted by Gasteiger charge is -2.12. The molecule has 4 nitrogen and oxygen atoms in total. The van der Waals surface area contributed by atoms with Gasteiger partial charge < -0.3 is 11.5 Å². The third kappa shape index (κ3) is 1.86. The maximum Gasteiger partial charge on any atom is 0.154 e. The first-order valence-corrected chi connectivity index (χ1v) is 7.91. The molecule has 0 bridgehead atoms. The molecule has 0 saturated heterocycles. The van der Waals surface area contributed by atoms with Crippen molar-refractivity contribution in [2.45, 2.75) is 18.1 Å². The van der Waals surface area contributed by atoms with Crippen LogP contribution in [0.5, 0.6) is 0 Å². The van der Waals surface area contributed by atoms with Crippen molar-refractivity contribution in [3.05, 3.63) is 35.9 Å². The molecule has 100 valence electrons. The molecule has 1 aromatic rings. The van der Waals surface area contributed by atoms with E-state index in [2.05, 4.69) is 0 Å². The Labute approximate surface area is 108 Å². The molecule has 2 unspecified atom stereocenters. The minimum atomic E-state index is -3.11. The monoisotopic (exact) mass is 268 g/mol. The molecule has 2 rings (SSSR count). The van der Waals surface area contributed by atoms with Crippen LogP contribution in [0.15, 0.2) is 30.3 Å². The van der Waals surface area contributed by atoms with Crippen molar-refractivity contribution in [2.75, 3.05) is 18.8 Å². The summed E-state index contributed by atoms with van der Waals surface area (Å²) >= 11 is 0. The molecule has 1 aliphatic carbocycles. The van der Waals surface area contributed by atoms with Crippen LogP contribution in [-0.4, -0.2) is 32.5 Å². The Kier molecular flexibility index (Phi) is 3.49. The van der Waals surface area contributed by atoms with E-state index in [1.165, 1.54) is 0 Å². The van der Waals surface area contributed by atoms with Gasteiger partial charge in [-0.3, -0.25) is 0 Å². The molecule has 0 heterocycles. The van der Waals surface area contributed by atoms with E-state index < -0.39 is 20.5 Å². The summed E-state index contributed by atoms with van der Waals surface area (Å²) in [6.07, 6.45) is 0. The molecule has 1 aromatic carbocycles. The van der Waals surface area contributed by atoms with Gasteiger partial charge in [-0.15, -0.1) is 0 Å². The van der Waals surface area contributed by atoms with Crippen molar-refractivity contribution < 1.29 is 8.42 Å². The summed E-state index contributed by atoms with van der Waals surface area (Å²) in [5.41, 5.74) is 12.2. The van der Waals surface area contributed by atoms with Crippen molar-refractivity contribution in [2.24, 2.45) is 16.9 Å². The first kappa shape index (κ1) is 13.5. The molecule has 1 fully saturated rings. The zero-order chi connectivity index (χ0) is 13.4. The molecule has 0 spiro atoms. The van der Waals surface area contributed by atoms with Gasteiger partial charge in [-0.2, -0.15) is 0 Å². The highest BCUT2D eigenvalue weighted by Crippen LogP contribution is 2.61. The average molecular weight is 268 g/mol. The zero-order valence-corrected chi connectivity index (χ0v) is 11.4. The van der Waals surface area contributed by atoms with E-state index in [0.717, 1.165) is 5.56 Å². The van der Waals surface area contributed by atoms with E-state index in [4.69, 9.17) is 11.5 Å². The van der Waals surface area contributed by atoms with Gasteiger partial charge >= 0.3 is 0 Å². The van der Waals surface area contributed by atoms with Crippen LogP contribution in [0.4, 0.5) is 0 Å². The third-order valence-corrected chi connectivity index (χ3v) is 6.41. The van der Waals surface area contributed by atoms with Gasteiger partial charge in [0.1, 0.15) is 0 Å². The Balaban J connectivity index is 2.42. The number of hydrogen-bond donors (Lipinski definition) is 2. The van der Waals surface area contributed by atoms with Crippen molar-refractivity contribution >= 4 is 9.84 Å². The van der Waals surface area contributed by atoms with Crippen LogP contribution in [0, 0.1) is 5.41 Å². The molecule has 1 saturated carbocycles. The van der Waals surface area contributed by atoms with E-state index in [0.29, 0.717) is 13.1 Å². The molecule has 2 atom stereocenters. The largest absolute Gasteiger partial charge is 0.330 e. The lowest BCUT2D eigenvalue weighted by molar-refractivity contribution is 0.510. The fourth-order valence-electron chi connectivity index (χ4n) is 2.93. The Morgan fingerprint density at radius 3 is 2.17 bits per heavy atom. The fourth-order valence-corrected chi connectivity index (χ4v) is 5.11. The number of nitrogens with two attached hydrogens (primary N) is 2. The van der Waals surface area contributed by atoms with Crippen LogP contribution in [0.2, 0.25) is 0 Å². The second-order valence-electron chi connectivity index (χ2n) is 4.90. The molecule has 5 heteroatoms. The zero-order valence-electron chi connectivity index (χ0n) is 10.5. The number of benzene rings is 1. The molecule has 0 amide bonds. The maximum atomic E-state index is 12.2. The van der Waals surface area contributed by atoms with Gasteiger partial charge in [0, 0.05) is 30.2 Å². The minimum Gasteiger partial charge on any atom is -0.330 e. The predicted molar refractivity (Wildman–Crippen MR) is 73.0 cm³/mol. The Morgan fingerprint density at radius 1 is 1.17 bits per heavy atom. The summed E-state index contributed by atoms with van der Waals surface area (Å²) < 4.78 is 24.3. The van der Waals surface area contributed by atoms with Crippen LogP contribution in [0.1, 0.15) is 18.4 Å². The number of rotatable bonds is 5. The van der Waals surface area contributed by atoms with E-state index >= 15 is 0 Å². The first-order valence-electron chi connectivity index (χ1n) is 6.20. The van der Waals surface area contributed by atoms with Crippen molar-refractivity contribution in [1.29, 1.82) is 0 Å². The highest BCUT2D eigenvalue weighted by molar-refractivity contribution is 7.92. The highest BCUT2D eigenvalue weighted by Gasteiger charge is 2.68. The summed E-state index contributed by atoms with van der Waals surface area (Å²) in [7, 11) is -3.11. The van der Waals surface area contributed by atoms with Gasteiger partial charge in [0.25, 0.3) is 0 Å². The van der Waals surface area contributed by atoms with Crippen molar-refractivity contribution in [1.82, 2.24) is 0 Å². The van der Waals surface area contributed by atoms with E-state index in [-0.39, 0.29) is 11.7 Å². The molecular weight excluding hydrogens is 248 g/mol. The minimum absolute atomic E-state index is 0.0568. The molecule has 0 aliphatic heterocycles. The van der Waals surface area contributed by atoms with Crippen LogP contribution < -0.4 is 11.5 Å². The predicted octanol–water partition coefficient (Wildman–Crippen LogP) is 0.491. The molecule has 1 aliphatic rings. The van der Waals surface area contributed by atoms with Crippen LogP contribution in [0.25, 0.3) is 0 Å². The third-order valence-electron chi connectivity index (χ3n) is 4.09. The molecule has 0 aromatic heterocycles. The van der Waals surface area contributed by atoms with Gasteiger partial charge in [-0.1, -0.05) is 37.3 Å². The number of hydrogen-bond acceptors (Lipinski definition) is 4. The van der Waals surface area contributed by atoms with E-state index in [1.54, 1.807) is 6.92 Å². The SMILES string of the molecule is CCS(=O)(=O)C1C(c2ccccc2)C1(CN)CN. The van der Waals surface area contributed by atoms with Crippen molar-refractivity contribution in [3.8, 4) is 0 Å². The van der Waals surface area contributed by atoms with Crippen molar-refractivity contribution in [3.63, 3.8) is 0 Å². The quantitative estimate of drug-likeness (QED) is 0.814. The summed E-state index contributed by atoms with van der Waals surface area (Å²) in [4.78, 5) is 0. The molecule has 0 radical (unpaired) electrons. The van der Waals surface area contributed by atoms with Crippen LogP contribution >= 0.6 is 0 Å². The average Bonchev–Trinajstić information content (AvgIpc) is 3.10. The summed E-state index contributed by atoms with van der Waals surface area (Å²) in [5, 5.41) is -0.424. The molecule has 4 N–H and O–H groups in total. The Morgan fingerprint density at radius 2 is 1.72 bits per heavy atom. The number of sulfone groups is 1. The lowest BCUT2D eigenvalue weighted by Crippen LogP contribution is -2.31. The molecular formula is C13H20N2O2S. The second kappa shape index (κ2) is 4.64. The fraction of sp³-hybridized carbons (Fsp3) is 0.538.